The molecule has 2 heterocycles. The van der Waals surface area contributed by atoms with Gasteiger partial charge in [-0.3, -0.25) is 0 Å². The number of hydrogen-bond acceptors (Lipinski definition) is 5. The Morgan fingerprint density at radius 2 is 2.11 bits per heavy atom. The fourth-order valence-corrected chi connectivity index (χ4v) is 2.13. The standard InChI is InChI=1S/C13H15N5O/c1-9-16-17-13(19-9)8-18-11-6-4-3-5-10(11)15-12(18)7-14-2/h3-6,14H,7-8H2,1-2H3. The highest BCUT2D eigenvalue weighted by Crippen LogP contribution is 2.17. The van der Waals surface area contributed by atoms with Crippen molar-refractivity contribution in [2.75, 3.05) is 7.05 Å². The summed E-state index contributed by atoms with van der Waals surface area (Å²) in [6, 6.07) is 8.04. The molecule has 0 amide bonds. The molecule has 1 aromatic carbocycles. The van der Waals surface area contributed by atoms with E-state index >= 15 is 0 Å². The Bertz CT molecular complexity index is 700. The van der Waals surface area contributed by atoms with Gasteiger partial charge in [-0.1, -0.05) is 12.1 Å². The number of aryl methyl sites for hydroxylation is 1. The maximum atomic E-state index is 5.45. The minimum Gasteiger partial charge on any atom is -0.424 e. The van der Waals surface area contributed by atoms with E-state index in [0.717, 1.165) is 16.9 Å². The van der Waals surface area contributed by atoms with E-state index in [0.29, 0.717) is 24.9 Å². The van der Waals surface area contributed by atoms with Crippen molar-refractivity contribution < 1.29 is 4.42 Å². The third-order valence-corrected chi connectivity index (χ3v) is 2.93. The maximum Gasteiger partial charge on any atom is 0.236 e. The average Bonchev–Trinajstić information content (AvgIpc) is 2.96. The van der Waals surface area contributed by atoms with Gasteiger partial charge in [-0.25, -0.2) is 4.98 Å². The summed E-state index contributed by atoms with van der Waals surface area (Å²) in [5, 5.41) is 11.0. The molecule has 6 heteroatoms. The number of rotatable bonds is 4. The van der Waals surface area contributed by atoms with Gasteiger partial charge in [0.05, 0.1) is 17.6 Å². The molecule has 2 aromatic heterocycles. The van der Waals surface area contributed by atoms with Gasteiger partial charge in [-0.2, -0.15) is 0 Å². The number of hydrogen-bond donors (Lipinski definition) is 1. The molecule has 0 saturated heterocycles. The number of nitrogens with zero attached hydrogens (tertiary/aromatic N) is 4. The van der Waals surface area contributed by atoms with Crippen molar-refractivity contribution in [1.82, 2.24) is 25.1 Å². The lowest BCUT2D eigenvalue weighted by molar-refractivity contribution is 0.452. The van der Waals surface area contributed by atoms with Gasteiger partial charge >= 0.3 is 0 Å². The molecule has 19 heavy (non-hydrogen) atoms. The molecule has 0 spiro atoms. The highest BCUT2D eigenvalue weighted by atomic mass is 16.4. The second-order valence-electron chi connectivity index (χ2n) is 4.35. The molecule has 1 N–H and O–H groups in total. The molecule has 0 saturated carbocycles. The van der Waals surface area contributed by atoms with Gasteiger partial charge in [-0.15, -0.1) is 10.2 Å². The first-order chi connectivity index (χ1) is 9.28. The summed E-state index contributed by atoms with van der Waals surface area (Å²) in [5.74, 6) is 2.13. The van der Waals surface area contributed by atoms with Crippen LogP contribution in [0.2, 0.25) is 0 Å². The molecule has 0 fully saturated rings. The van der Waals surface area contributed by atoms with Crippen LogP contribution in [0.15, 0.2) is 28.7 Å². The van der Waals surface area contributed by atoms with E-state index in [4.69, 9.17) is 4.42 Å². The quantitative estimate of drug-likeness (QED) is 0.767. The van der Waals surface area contributed by atoms with E-state index in [-0.39, 0.29) is 0 Å². The first-order valence-corrected chi connectivity index (χ1v) is 6.15. The van der Waals surface area contributed by atoms with Crippen molar-refractivity contribution in [3.63, 3.8) is 0 Å². The van der Waals surface area contributed by atoms with Crippen LogP contribution in [0.25, 0.3) is 11.0 Å². The van der Waals surface area contributed by atoms with Crippen molar-refractivity contribution in [3.05, 3.63) is 41.9 Å². The first-order valence-electron chi connectivity index (χ1n) is 6.15. The molecule has 0 unspecified atom stereocenters. The molecule has 0 atom stereocenters. The van der Waals surface area contributed by atoms with Gasteiger partial charge in [0.1, 0.15) is 12.4 Å². The van der Waals surface area contributed by atoms with Crippen LogP contribution in [0.3, 0.4) is 0 Å². The molecule has 0 radical (unpaired) electrons. The van der Waals surface area contributed by atoms with Gasteiger partial charge in [0.25, 0.3) is 0 Å². The first kappa shape index (κ1) is 11.9. The van der Waals surface area contributed by atoms with Gasteiger partial charge in [-0.05, 0) is 19.2 Å². The molecule has 0 aliphatic heterocycles. The number of fused-ring (bicyclic) bond motifs is 1. The monoisotopic (exact) mass is 257 g/mol. The average molecular weight is 257 g/mol. The van der Waals surface area contributed by atoms with Gasteiger partial charge in [0.15, 0.2) is 0 Å². The smallest absolute Gasteiger partial charge is 0.236 e. The molecule has 0 aliphatic rings. The van der Waals surface area contributed by atoms with E-state index in [1.54, 1.807) is 6.92 Å². The Balaban J connectivity index is 2.06. The number of para-hydroxylation sites is 2. The van der Waals surface area contributed by atoms with E-state index in [2.05, 4.69) is 25.1 Å². The van der Waals surface area contributed by atoms with E-state index in [1.165, 1.54) is 0 Å². The zero-order valence-corrected chi connectivity index (χ0v) is 10.9. The highest BCUT2D eigenvalue weighted by Gasteiger charge is 2.12. The molecule has 0 aliphatic carbocycles. The summed E-state index contributed by atoms with van der Waals surface area (Å²) in [6.07, 6.45) is 0. The van der Waals surface area contributed by atoms with Crippen molar-refractivity contribution in [1.29, 1.82) is 0 Å². The third kappa shape index (κ3) is 2.22. The molecule has 3 aromatic rings. The summed E-state index contributed by atoms with van der Waals surface area (Å²) in [5.41, 5.74) is 2.05. The lowest BCUT2D eigenvalue weighted by Crippen LogP contribution is -2.13. The largest absolute Gasteiger partial charge is 0.424 e. The maximum absolute atomic E-state index is 5.45. The van der Waals surface area contributed by atoms with Gasteiger partial charge < -0.3 is 14.3 Å². The van der Waals surface area contributed by atoms with Crippen molar-refractivity contribution in [2.45, 2.75) is 20.0 Å². The Morgan fingerprint density at radius 1 is 1.26 bits per heavy atom. The van der Waals surface area contributed by atoms with Crippen LogP contribution >= 0.6 is 0 Å². The molecule has 98 valence electrons. The van der Waals surface area contributed by atoms with Gasteiger partial charge in [0.2, 0.25) is 11.8 Å². The normalized spacial score (nSPS) is 11.3. The van der Waals surface area contributed by atoms with E-state index in [1.807, 2.05) is 31.3 Å². The van der Waals surface area contributed by atoms with Crippen LogP contribution in [-0.2, 0) is 13.1 Å². The zero-order chi connectivity index (χ0) is 13.2. The Morgan fingerprint density at radius 3 is 2.84 bits per heavy atom. The number of benzene rings is 1. The van der Waals surface area contributed by atoms with Gasteiger partial charge in [0, 0.05) is 6.92 Å². The van der Waals surface area contributed by atoms with Crippen LogP contribution in [0, 0.1) is 6.92 Å². The Kier molecular flexibility index (Phi) is 3.00. The second kappa shape index (κ2) is 4.81. The minimum absolute atomic E-state index is 0.540. The predicted molar refractivity (Wildman–Crippen MR) is 70.6 cm³/mol. The van der Waals surface area contributed by atoms with E-state index < -0.39 is 0 Å². The molecule has 0 bridgehead atoms. The third-order valence-electron chi connectivity index (χ3n) is 2.93. The summed E-state index contributed by atoms with van der Waals surface area (Å²) in [7, 11) is 1.90. The number of nitrogens with one attached hydrogen (secondary N) is 1. The number of aromatic nitrogens is 4. The van der Waals surface area contributed by atoms with Crippen LogP contribution < -0.4 is 5.32 Å². The summed E-state index contributed by atoms with van der Waals surface area (Å²) >= 11 is 0. The zero-order valence-electron chi connectivity index (χ0n) is 10.9. The predicted octanol–water partition coefficient (Wildman–Crippen LogP) is 1.50. The topological polar surface area (TPSA) is 68.8 Å². The lowest BCUT2D eigenvalue weighted by Gasteiger charge is -2.05. The lowest BCUT2D eigenvalue weighted by atomic mass is 10.3. The Hall–Kier alpha value is -2.21. The second-order valence-corrected chi connectivity index (χ2v) is 4.35. The summed E-state index contributed by atoms with van der Waals surface area (Å²) in [6.45, 7) is 3.02. The van der Waals surface area contributed by atoms with Crippen molar-refractivity contribution in [3.8, 4) is 0 Å². The Labute approximate surface area is 110 Å². The van der Waals surface area contributed by atoms with Crippen LogP contribution in [0.5, 0.6) is 0 Å². The molecular weight excluding hydrogens is 242 g/mol. The SMILES string of the molecule is CNCc1nc2ccccc2n1Cc1nnc(C)o1. The van der Waals surface area contributed by atoms with Crippen molar-refractivity contribution in [2.24, 2.45) is 0 Å². The fraction of sp³-hybridized carbons (Fsp3) is 0.308. The minimum atomic E-state index is 0.540. The molecular formula is C13H15N5O. The fourth-order valence-electron chi connectivity index (χ4n) is 2.13. The highest BCUT2D eigenvalue weighted by molar-refractivity contribution is 5.75. The number of imidazole rings is 1. The van der Waals surface area contributed by atoms with Crippen molar-refractivity contribution >= 4 is 11.0 Å². The summed E-state index contributed by atoms with van der Waals surface area (Å²) in [4.78, 5) is 4.62. The van der Waals surface area contributed by atoms with Crippen LogP contribution in [-0.4, -0.2) is 26.8 Å². The molecule has 3 rings (SSSR count). The van der Waals surface area contributed by atoms with E-state index in [9.17, 15) is 0 Å². The van der Waals surface area contributed by atoms with Crippen LogP contribution in [0.4, 0.5) is 0 Å². The molecule has 6 nitrogen and oxygen atoms in total. The summed E-state index contributed by atoms with van der Waals surface area (Å²) < 4.78 is 7.54. The van der Waals surface area contributed by atoms with Crippen LogP contribution in [0.1, 0.15) is 17.6 Å².